The summed E-state index contributed by atoms with van der Waals surface area (Å²) in [5.74, 6) is -0.365. The Labute approximate surface area is 140 Å². The monoisotopic (exact) mass is 316 g/mol. The van der Waals surface area contributed by atoms with E-state index in [2.05, 4.69) is 12.1 Å². The summed E-state index contributed by atoms with van der Waals surface area (Å²) in [5, 5.41) is 9.10. The molecule has 0 fully saturated rings. The minimum absolute atomic E-state index is 0.0430. The summed E-state index contributed by atoms with van der Waals surface area (Å²) < 4.78 is 5.82. The van der Waals surface area contributed by atoms with Crippen molar-refractivity contribution in [2.24, 2.45) is 0 Å². The van der Waals surface area contributed by atoms with Crippen molar-refractivity contribution < 1.29 is 14.6 Å². The Kier molecular flexibility index (Phi) is 3.63. The molecule has 3 heteroatoms. The number of carbonyl (C=O) groups excluding carboxylic acids is 1. The fourth-order valence-electron chi connectivity index (χ4n) is 3.16. The maximum Gasteiger partial charge on any atom is 0.339 e. The molecule has 4 rings (SSSR count). The van der Waals surface area contributed by atoms with Gasteiger partial charge in [-0.25, -0.2) is 4.79 Å². The number of hydrogen-bond acceptors (Lipinski definition) is 3. The van der Waals surface area contributed by atoms with Gasteiger partial charge in [0, 0.05) is 11.1 Å². The van der Waals surface area contributed by atoms with Gasteiger partial charge in [0.2, 0.25) is 0 Å². The van der Waals surface area contributed by atoms with Crippen molar-refractivity contribution in [2.75, 3.05) is 0 Å². The Bertz CT molecular complexity index is 851. The van der Waals surface area contributed by atoms with Crippen molar-refractivity contribution in [3.8, 4) is 11.1 Å². The first-order valence-electron chi connectivity index (χ1n) is 7.87. The molecular weight excluding hydrogens is 300 g/mol. The Morgan fingerprint density at radius 2 is 1.38 bits per heavy atom. The normalized spacial score (nSPS) is 12.5. The first-order chi connectivity index (χ1) is 11.8. The molecule has 0 saturated heterocycles. The summed E-state index contributed by atoms with van der Waals surface area (Å²) in [4.78, 5) is 12.5. The van der Waals surface area contributed by atoms with Gasteiger partial charge < -0.3 is 9.84 Å². The third kappa shape index (κ3) is 2.39. The fourth-order valence-corrected chi connectivity index (χ4v) is 3.16. The molecule has 0 unspecified atom stereocenters. The van der Waals surface area contributed by atoms with Crippen LogP contribution in [0.3, 0.4) is 0 Å². The minimum atomic E-state index is -0.387. The number of ether oxygens (including phenoxy) is 1. The predicted molar refractivity (Wildman–Crippen MR) is 91.5 cm³/mol. The van der Waals surface area contributed by atoms with Crippen molar-refractivity contribution in [1.82, 2.24) is 0 Å². The number of hydrogen-bond donors (Lipinski definition) is 1. The Morgan fingerprint density at radius 3 is 1.92 bits per heavy atom. The van der Waals surface area contributed by atoms with E-state index in [9.17, 15) is 4.79 Å². The van der Waals surface area contributed by atoms with Crippen LogP contribution in [0.4, 0.5) is 0 Å². The average molecular weight is 316 g/mol. The van der Waals surface area contributed by atoms with E-state index in [0.717, 1.165) is 27.8 Å². The van der Waals surface area contributed by atoms with E-state index in [1.807, 2.05) is 36.4 Å². The van der Waals surface area contributed by atoms with Crippen LogP contribution in [0.5, 0.6) is 0 Å². The topological polar surface area (TPSA) is 46.5 Å². The van der Waals surface area contributed by atoms with Gasteiger partial charge in [-0.05, 0) is 28.8 Å². The molecule has 0 bridgehead atoms. The highest BCUT2D eigenvalue weighted by atomic mass is 16.5. The van der Waals surface area contributed by atoms with E-state index >= 15 is 0 Å². The van der Waals surface area contributed by atoms with Gasteiger partial charge in [-0.3, -0.25) is 0 Å². The van der Waals surface area contributed by atoms with Gasteiger partial charge in [0.05, 0.1) is 12.2 Å². The molecular formula is C21H16O3. The lowest BCUT2D eigenvalue weighted by Crippen LogP contribution is -2.11. The lowest BCUT2D eigenvalue weighted by molar-refractivity contribution is 0.0385. The summed E-state index contributed by atoms with van der Waals surface area (Å²) >= 11 is 0. The lowest BCUT2D eigenvalue weighted by Gasteiger charge is -2.15. The smallest absolute Gasteiger partial charge is 0.339 e. The second-order valence-electron chi connectivity index (χ2n) is 5.81. The average Bonchev–Trinajstić information content (AvgIpc) is 2.96. The summed E-state index contributed by atoms with van der Waals surface area (Å²) in [7, 11) is 0. The highest BCUT2D eigenvalue weighted by Gasteiger charge is 2.31. The Balaban J connectivity index is 1.67. The first kappa shape index (κ1) is 14.7. The van der Waals surface area contributed by atoms with Crippen LogP contribution in [0.1, 0.15) is 33.2 Å². The van der Waals surface area contributed by atoms with E-state index in [0.29, 0.717) is 5.56 Å². The zero-order valence-electron chi connectivity index (χ0n) is 13.0. The van der Waals surface area contributed by atoms with Crippen LogP contribution in [-0.2, 0) is 11.3 Å². The second-order valence-corrected chi connectivity index (χ2v) is 5.81. The van der Waals surface area contributed by atoms with Crippen LogP contribution in [0.25, 0.3) is 11.1 Å². The number of benzene rings is 3. The van der Waals surface area contributed by atoms with Crippen LogP contribution in [0, 0.1) is 0 Å². The van der Waals surface area contributed by atoms with Gasteiger partial charge >= 0.3 is 5.97 Å². The van der Waals surface area contributed by atoms with Crippen LogP contribution in [0.15, 0.2) is 72.8 Å². The maximum absolute atomic E-state index is 12.5. The molecule has 1 N–H and O–H groups in total. The Hall–Kier alpha value is -2.91. The van der Waals surface area contributed by atoms with Crippen LogP contribution in [-0.4, -0.2) is 11.1 Å². The molecule has 24 heavy (non-hydrogen) atoms. The minimum Gasteiger partial charge on any atom is -0.449 e. The van der Waals surface area contributed by atoms with E-state index in [1.54, 1.807) is 24.3 Å². The predicted octanol–water partition coefficient (Wildman–Crippen LogP) is 4.11. The number of fused-ring (bicyclic) bond motifs is 3. The number of rotatable bonds is 3. The summed E-state index contributed by atoms with van der Waals surface area (Å²) in [5.41, 5.74) is 5.50. The number of carbonyl (C=O) groups is 1. The third-order valence-electron chi connectivity index (χ3n) is 4.37. The molecule has 0 amide bonds. The van der Waals surface area contributed by atoms with Crippen molar-refractivity contribution >= 4 is 5.97 Å². The number of aliphatic hydroxyl groups excluding tert-OH is 1. The molecule has 0 aromatic heterocycles. The SMILES string of the molecule is O=C(OC1c2ccccc2-c2ccccc21)c1ccc(CO)cc1. The quantitative estimate of drug-likeness (QED) is 0.740. The highest BCUT2D eigenvalue weighted by Crippen LogP contribution is 2.45. The first-order valence-corrected chi connectivity index (χ1v) is 7.87. The van der Waals surface area contributed by atoms with E-state index in [-0.39, 0.29) is 18.7 Å². The summed E-state index contributed by atoms with van der Waals surface area (Å²) in [6, 6.07) is 22.8. The lowest BCUT2D eigenvalue weighted by atomic mass is 10.1. The molecule has 3 nitrogen and oxygen atoms in total. The van der Waals surface area contributed by atoms with E-state index < -0.39 is 0 Å². The van der Waals surface area contributed by atoms with Gasteiger partial charge in [-0.15, -0.1) is 0 Å². The van der Waals surface area contributed by atoms with Gasteiger partial charge in [0.15, 0.2) is 6.10 Å². The van der Waals surface area contributed by atoms with Gasteiger partial charge in [0.1, 0.15) is 0 Å². The van der Waals surface area contributed by atoms with Gasteiger partial charge in [-0.2, -0.15) is 0 Å². The molecule has 0 aliphatic heterocycles. The number of esters is 1. The van der Waals surface area contributed by atoms with Crippen LogP contribution in [0.2, 0.25) is 0 Å². The molecule has 0 spiro atoms. The number of aliphatic hydroxyl groups is 1. The molecule has 0 saturated carbocycles. The maximum atomic E-state index is 12.5. The van der Waals surface area contributed by atoms with Crippen LogP contribution >= 0.6 is 0 Å². The molecule has 0 radical (unpaired) electrons. The largest absolute Gasteiger partial charge is 0.449 e. The third-order valence-corrected chi connectivity index (χ3v) is 4.37. The highest BCUT2D eigenvalue weighted by molar-refractivity contribution is 5.90. The molecule has 3 aromatic rings. The molecule has 0 atom stereocenters. The standard InChI is InChI=1S/C21H16O3/c22-13-14-9-11-15(12-10-14)21(23)24-20-18-7-3-1-5-16(18)17-6-2-4-8-19(17)20/h1-12,20,22H,13H2. The molecule has 0 heterocycles. The zero-order chi connectivity index (χ0) is 16.5. The van der Waals surface area contributed by atoms with E-state index in [1.165, 1.54) is 0 Å². The Morgan fingerprint density at radius 1 is 0.833 bits per heavy atom. The van der Waals surface area contributed by atoms with Crippen molar-refractivity contribution in [2.45, 2.75) is 12.7 Å². The van der Waals surface area contributed by atoms with Crippen molar-refractivity contribution in [3.63, 3.8) is 0 Å². The molecule has 1 aliphatic carbocycles. The second kappa shape index (κ2) is 5.95. The van der Waals surface area contributed by atoms with Crippen LogP contribution < -0.4 is 0 Å². The van der Waals surface area contributed by atoms with Gasteiger partial charge in [0.25, 0.3) is 0 Å². The van der Waals surface area contributed by atoms with Crippen molar-refractivity contribution in [3.05, 3.63) is 95.1 Å². The molecule has 3 aromatic carbocycles. The van der Waals surface area contributed by atoms with Gasteiger partial charge in [-0.1, -0.05) is 60.7 Å². The van der Waals surface area contributed by atoms with Crippen molar-refractivity contribution in [1.29, 1.82) is 0 Å². The molecule has 1 aliphatic rings. The zero-order valence-corrected chi connectivity index (χ0v) is 13.0. The summed E-state index contributed by atoms with van der Waals surface area (Å²) in [6.07, 6.45) is -0.387. The van der Waals surface area contributed by atoms with E-state index in [4.69, 9.17) is 9.84 Å². The molecule has 118 valence electrons. The summed E-state index contributed by atoms with van der Waals surface area (Å²) in [6.45, 7) is -0.0430. The fraction of sp³-hybridized carbons (Fsp3) is 0.0952.